The van der Waals surface area contributed by atoms with Crippen molar-refractivity contribution in [2.75, 3.05) is 13.6 Å². The molecule has 0 saturated carbocycles. The molecular weight excluding hydrogens is 186 g/mol. The Labute approximate surface area is 89.7 Å². The zero-order chi connectivity index (χ0) is 10.5. The summed E-state index contributed by atoms with van der Waals surface area (Å²) in [7, 11) is 1.97. The summed E-state index contributed by atoms with van der Waals surface area (Å²) < 4.78 is 1.86. The van der Waals surface area contributed by atoms with Gasteiger partial charge in [0.15, 0.2) is 0 Å². The standard InChI is InChI=1S/C12H15N3/c1-13-9-7-11-3-5-12(6-4-11)15-10-2-8-14-15/h2-6,8,10,13H,7,9H2,1H3. The minimum absolute atomic E-state index is 1.01. The van der Waals surface area contributed by atoms with E-state index in [1.807, 2.05) is 24.0 Å². The lowest BCUT2D eigenvalue weighted by molar-refractivity contribution is 0.791. The molecule has 0 aliphatic rings. The molecule has 3 heteroatoms. The van der Waals surface area contributed by atoms with Crippen molar-refractivity contribution in [2.24, 2.45) is 0 Å². The van der Waals surface area contributed by atoms with Crippen LogP contribution >= 0.6 is 0 Å². The van der Waals surface area contributed by atoms with Crippen LogP contribution in [-0.2, 0) is 6.42 Å². The van der Waals surface area contributed by atoms with Crippen molar-refractivity contribution < 1.29 is 0 Å². The molecule has 1 aromatic carbocycles. The molecule has 0 aliphatic heterocycles. The maximum atomic E-state index is 4.18. The molecule has 1 aromatic heterocycles. The third-order valence-electron chi connectivity index (χ3n) is 2.37. The molecule has 2 rings (SSSR count). The van der Waals surface area contributed by atoms with Gasteiger partial charge in [-0.3, -0.25) is 0 Å². The lowest BCUT2D eigenvalue weighted by Gasteiger charge is -2.03. The van der Waals surface area contributed by atoms with Crippen LogP contribution in [0.15, 0.2) is 42.7 Å². The van der Waals surface area contributed by atoms with E-state index in [0.29, 0.717) is 0 Å². The zero-order valence-corrected chi connectivity index (χ0v) is 8.85. The maximum absolute atomic E-state index is 4.18. The van der Waals surface area contributed by atoms with Gasteiger partial charge in [-0.1, -0.05) is 12.1 Å². The lowest BCUT2D eigenvalue weighted by atomic mass is 10.1. The van der Waals surface area contributed by atoms with Crippen molar-refractivity contribution in [3.05, 3.63) is 48.3 Å². The first-order chi connectivity index (χ1) is 7.40. The number of likely N-dealkylation sites (N-methyl/N-ethyl adjacent to an activating group) is 1. The highest BCUT2D eigenvalue weighted by Crippen LogP contribution is 2.08. The van der Waals surface area contributed by atoms with Crippen LogP contribution in [0.3, 0.4) is 0 Å². The number of hydrogen-bond donors (Lipinski definition) is 1. The highest BCUT2D eigenvalue weighted by Gasteiger charge is 1.96. The average Bonchev–Trinajstić information content (AvgIpc) is 2.80. The fourth-order valence-electron chi connectivity index (χ4n) is 1.51. The van der Waals surface area contributed by atoms with Crippen molar-refractivity contribution >= 4 is 0 Å². The Bertz CT molecular complexity index is 389. The van der Waals surface area contributed by atoms with Crippen LogP contribution in [0, 0.1) is 0 Å². The van der Waals surface area contributed by atoms with Crippen LogP contribution in [0.4, 0.5) is 0 Å². The van der Waals surface area contributed by atoms with E-state index in [1.54, 1.807) is 6.20 Å². The molecule has 78 valence electrons. The number of aromatic nitrogens is 2. The summed E-state index contributed by atoms with van der Waals surface area (Å²) in [5.41, 5.74) is 2.45. The van der Waals surface area contributed by atoms with Crippen LogP contribution in [0.25, 0.3) is 5.69 Å². The number of hydrogen-bond acceptors (Lipinski definition) is 2. The Morgan fingerprint density at radius 2 is 2.07 bits per heavy atom. The first-order valence-electron chi connectivity index (χ1n) is 5.14. The molecule has 1 N–H and O–H groups in total. The number of nitrogens with zero attached hydrogens (tertiary/aromatic N) is 2. The molecule has 0 unspecified atom stereocenters. The minimum atomic E-state index is 1.01. The van der Waals surface area contributed by atoms with Gasteiger partial charge < -0.3 is 5.32 Å². The van der Waals surface area contributed by atoms with E-state index in [-0.39, 0.29) is 0 Å². The van der Waals surface area contributed by atoms with Crippen molar-refractivity contribution in [3.63, 3.8) is 0 Å². The third-order valence-corrected chi connectivity index (χ3v) is 2.37. The molecule has 15 heavy (non-hydrogen) atoms. The van der Waals surface area contributed by atoms with Gasteiger partial charge >= 0.3 is 0 Å². The molecule has 0 spiro atoms. The minimum Gasteiger partial charge on any atom is -0.319 e. The smallest absolute Gasteiger partial charge is 0.0645 e. The van der Waals surface area contributed by atoms with E-state index in [0.717, 1.165) is 18.7 Å². The van der Waals surface area contributed by atoms with E-state index < -0.39 is 0 Å². The molecule has 0 amide bonds. The maximum Gasteiger partial charge on any atom is 0.0645 e. The Morgan fingerprint density at radius 3 is 2.67 bits per heavy atom. The normalized spacial score (nSPS) is 10.5. The van der Waals surface area contributed by atoms with E-state index in [9.17, 15) is 0 Å². The summed E-state index contributed by atoms with van der Waals surface area (Å²) >= 11 is 0. The average molecular weight is 201 g/mol. The van der Waals surface area contributed by atoms with E-state index >= 15 is 0 Å². The molecule has 0 saturated heterocycles. The molecule has 1 heterocycles. The highest BCUT2D eigenvalue weighted by atomic mass is 15.3. The van der Waals surface area contributed by atoms with Crippen molar-refractivity contribution in [2.45, 2.75) is 6.42 Å². The lowest BCUT2D eigenvalue weighted by Crippen LogP contribution is -2.10. The van der Waals surface area contributed by atoms with Gasteiger partial charge in [-0.15, -0.1) is 0 Å². The van der Waals surface area contributed by atoms with E-state index in [2.05, 4.69) is 34.7 Å². The number of nitrogens with one attached hydrogen (secondary N) is 1. The zero-order valence-electron chi connectivity index (χ0n) is 8.85. The van der Waals surface area contributed by atoms with Gasteiger partial charge in [-0.05, 0) is 43.8 Å². The van der Waals surface area contributed by atoms with Crippen LogP contribution in [0.5, 0.6) is 0 Å². The fraction of sp³-hybridized carbons (Fsp3) is 0.250. The van der Waals surface area contributed by atoms with Gasteiger partial charge in [-0.2, -0.15) is 5.10 Å². The number of benzene rings is 1. The molecule has 0 atom stereocenters. The van der Waals surface area contributed by atoms with E-state index in [4.69, 9.17) is 0 Å². The Morgan fingerprint density at radius 1 is 1.27 bits per heavy atom. The molecule has 2 aromatic rings. The third kappa shape index (κ3) is 2.44. The SMILES string of the molecule is CNCCc1ccc(-n2cccn2)cc1. The second kappa shape index (κ2) is 4.75. The topological polar surface area (TPSA) is 29.9 Å². The summed E-state index contributed by atoms with van der Waals surface area (Å²) in [4.78, 5) is 0. The monoisotopic (exact) mass is 201 g/mol. The Balaban J connectivity index is 2.11. The summed E-state index contributed by atoms with van der Waals surface area (Å²) in [5.74, 6) is 0. The first kappa shape index (κ1) is 9.93. The van der Waals surface area contributed by atoms with Gasteiger partial charge in [0.1, 0.15) is 0 Å². The number of rotatable bonds is 4. The molecule has 0 bridgehead atoms. The molecule has 0 aliphatic carbocycles. The van der Waals surface area contributed by atoms with Gasteiger partial charge in [0.25, 0.3) is 0 Å². The predicted octanol–water partition coefficient (Wildman–Crippen LogP) is 1.63. The van der Waals surface area contributed by atoms with Crippen LogP contribution in [0.1, 0.15) is 5.56 Å². The van der Waals surface area contributed by atoms with E-state index in [1.165, 1.54) is 5.56 Å². The van der Waals surface area contributed by atoms with Crippen molar-refractivity contribution in [3.8, 4) is 5.69 Å². The van der Waals surface area contributed by atoms with Crippen molar-refractivity contribution in [1.82, 2.24) is 15.1 Å². The molecule has 0 radical (unpaired) electrons. The largest absolute Gasteiger partial charge is 0.319 e. The quantitative estimate of drug-likeness (QED) is 0.815. The van der Waals surface area contributed by atoms with Gasteiger partial charge in [-0.25, -0.2) is 4.68 Å². The fourth-order valence-corrected chi connectivity index (χ4v) is 1.51. The summed E-state index contributed by atoms with van der Waals surface area (Å²) in [6.45, 7) is 1.01. The van der Waals surface area contributed by atoms with Crippen LogP contribution in [0.2, 0.25) is 0 Å². The first-order valence-corrected chi connectivity index (χ1v) is 5.14. The molecular formula is C12H15N3. The van der Waals surface area contributed by atoms with Gasteiger partial charge in [0.2, 0.25) is 0 Å². The second-order valence-electron chi connectivity index (χ2n) is 3.47. The highest BCUT2D eigenvalue weighted by molar-refractivity contribution is 5.33. The van der Waals surface area contributed by atoms with Gasteiger partial charge in [0.05, 0.1) is 5.69 Å². The summed E-state index contributed by atoms with van der Waals surface area (Å²) in [5, 5.41) is 7.32. The Kier molecular flexibility index (Phi) is 3.15. The molecule has 0 fully saturated rings. The van der Waals surface area contributed by atoms with Crippen LogP contribution < -0.4 is 5.32 Å². The Hall–Kier alpha value is -1.61. The second-order valence-corrected chi connectivity index (χ2v) is 3.47. The molecule has 3 nitrogen and oxygen atoms in total. The predicted molar refractivity (Wildman–Crippen MR) is 61.2 cm³/mol. The van der Waals surface area contributed by atoms with Gasteiger partial charge in [0, 0.05) is 12.4 Å². The summed E-state index contributed by atoms with van der Waals surface area (Å²) in [6, 6.07) is 10.4. The van der Waals surface area contributed by atoms with Crippen LogP contribution in [-0.4, -0.2) is 23.4 Å². The summed E-state index contributed by atoms with van der Waals surface area (Å²) in [6.07, 6.45) is 4.80. The van der Waals surface area contributed by atoms with Crippen molar-refractivity contribution in [1.29, 1.82) is 0 Å².